The number of benzene rings is 1. The molecule has 0 aliphatic carbocycles. The van der Waals surface area contributed by atoms with Crippen LogP contribution in [0, 0.1) is 11.3 Å². The summed E-state index contributed by atoms with van der Waals surface area (Å²) < 4.78 is 0. The molecule has 1 aromatic carbocycles. The Hall–Kier alpha value is -2.21. The maximum atomic E-state index is 9.57. The van der Waals surface area contributed by atoms with Gasteiger partial charge in [0.15, 0.2) is 0 Å². The van der Waals surface area contributed by atoms with E-state index in [-0.39, 0.29) is 5.75 Å². The molecule has 2 N–H and O–H groups in total. The molecule has 14 heavy (non-hydrogen) atoms. The summed E-state index contributed by atoms with van der Waals surface area (Å²) in [4.78, 5) is 2.93. The lowest BCUT2D eigenvalue weighted by molar-refractivity contribution is 0.477. The highest BCUT2D eigenvalue weighted by atomic mass is 16.3. The van der Waals surface area contributed by atoms with Crippen molar-refractivity contribution in [1.29, 1.82) is 5.26 Å². The van der Waals surface area contributed by atoms with Gasteiger partial charge >= 0.3 is 0 Å². The molecular formula is C11H8N2O. The molecule has 0 spiro atoms. The lowest BCUT2D eigenvalue weighted by atomic mass is 10.1. The van der Waals surface area contributed by atoms with Crippen LogP contribution >= 0.6 is 0 Å². The van der Waals surface area contributed by atoms with Crippen LogP contribution in [0.4, 0.5) is 0 Å². The van der Waals surface area contributed by atoms with Crippen LogP contribution in [0.2, 0.25) is 0 Å². The number of aromatic nitrogens is 1. The van der Waals surface area contributed by atoms with Crippen molar-refractivity contribution >= 4 is 0 Å². The smallest absolute Gasteiger partial charge is 0.124 e. The summed E-state index contributed by atoms with van der Waals surface area (Å²) in [6.07, 6.45) is 1.68. The van der Waals surface area contributed by atoms with Crippen LogP contribution in [0.5, 0.6) is 5.75 Å². The van der Waals surface area contributed by atoms with E-state index < -0.39 is 0 Å². The minimum absolute atomic E-state index is 0.173. The monoisotopic (exact) mass is 184 g/mol. The fraction of sp³-hybridized carbons (Fsp3) is 0. The predicted molar refractivity (Wildman–Crippen MR) is 52.6 cm³/mol. The van der Waals surface area contributed by atoms with Gasteiger partial charge in [0.05, 0.1) is 11.3 Å². The molecule has 1 heterocycles. The summed E-state index contributed by atoms with van der Waals surface area (Å²) in [7, 11) is 0. The van der Waals surface area contributed by atoms with Crippen molar-refractivity contribution in [1.82, 2.24) is 4.98 Å². The first-order chi connectivity index (χ1) is 6.83. The molecule has 0 aliphatic rings. The van der Waals surface area contributed by atoms with Gasteiger partial charge in [-0.2, -0.15) is 5.26 Å². The molecule has 0 fully saturated rings. The van der Waals surface area contributed by atoms with E-state index in [0.717, 1.165) is 0 Å². The molecule has 2 rings (SSSR count). The van der Waals surface area contributed by atoms with Crippen LogP contribution in [0.1, 0.15) is 5.56 Å². The van der Waals surface area contributed by atoms with Crippen LogP contribution in [0.3, 0.4) is 0 Å². The maximum Gasteiger partial charge on any atom is 0.124 e. The van der Waals surface area contributed by atoms with Gasteiger partial charge in [-0.1, -0.05) is 12.1 Å². The lowest BCUT2D eigenvalue weighted by Gasteiger charge is -2.01. The highest BCUT2D eigenvalue weighted by Crippen LogP contribution is 2.29. The van der Waals surface area contributed by atoms with Gasteiger partial charge in [0.2, 0.25) is 0 Å². The predicted octanol–water partition coefficient (Wildman–Crippen LogP) is 2.26. The van der Waals surface area contributed by atoms with Crippen LogP contribution in [-0.4, -0.2) is 10.1 Å². The average Bonchev–Trinajstić information content (AvgIpc) is 2.66. The highest BCUT2D eigenvalue weighted by molar-refractivity contribution is 5.72. The Bertz CT molecular complexity index is 494. The Balaban J connectivity index is 2.62. The first-order valence-corrected chi connectivity index (χ1v) is 4.19. The van der Waals surface area contributed by atoms with Crippen molar-refractivity contribution in [2.45, 2.75) is 0 Å². The molecular weight excluding hydrogens is 176 g/mol. The molecule has 0 radical (unpaired) electrons. The molecule has 1 aromatic heterocycles. The van der Waals surface area contributed by atoms with Crippen LogP contribution < -0.4 is 0 Å². The summed E-state index contributed by atoms with van der Waals surface area (Å²) in [5.41, 5.74) is 1.84. The summed E-state index contributed by atoms with van der Waals surface area (Å²) in [6, 6.07) is 10.7. The van der Waals surface area contributed by atoms with Crippen molar-refractivity contribution in [3.63, 3.8) is 0 Å². The number of nitrogens with one attached hydrogen (secondary N) is 1. The normalized spacial score (nSPS) is 9.64. The highest BCUT2D eigenvalue weighted by Gasteiger charge is 2.08. The topological polar surface area (TPSA) is 59.8 Å². The summed E-state index contributed by atoms with van der Waals surface area (Å²) in [6.45, 7) is 0. The average molecular weight is 184 g/mol. The summed E-state index contributed by atoms with van der Waals surface area (Å²) in [5.74, 6) is 0.173. The molecule has 0 saturated heterocycles. The summed E-state index contributed by atoms with van der Waals surface area (Å²) >= 11 is 0. The first kappa shape index (κ1) is 8.39. The Labute approximate surface area is 81.2 Å². The van der Waals surface area contributed by atoms with E-state index in [1.54, 1.807) is 30.5 Å². The summed E-state index contributed by atoms with van der Waals surface area (Å²) in [5, 5.41) is 18.4. The maximum absolute atomic E-state index is 9.57. The number of aromatic hydroxyl groups is 1. The van der Waals surface area contributed by atoms with Gasteiger partial charge in [-0.3, -0.25) is 0 Å². The second-order valence-corrected chi connectivity index (χ2v) is 2.90. The molecule has 68 valence electrons. The Morgan fingerprint density at radius 3 is 2.71 bits per heavy atom. The number of para-hydroxylation sites is 1. The standard InChI is InChI=1S/C11H8N2O/c12-7-8-5-6-13-11(8)9-3-1-2-4-10(9)14/h1-6,13-14H. The van der Waals surface area contributed by atoms with Crippen LogP contribution in [0.15, 0.2) is 36.5 Å². The molecule has 3 nitrogen and oxygen atoms in total. The fourth-order valence-electron chi connectivity index (χ4n) is 1.37. The molecule has 0 amide bonds. The van der Waals surface area contributed by atoms with Crippen molar-refractivity contribution in [2.75, 3.05) is 0 Å². The molecule has 0 bridgehead atoms. The number of hydrogen-bond acceptors (Lipinski definition) is 2. The third kappa shape index (κ3) is 1.23. The minimum Gasteiger partial charge on any atom is -0.507 e. The number of phenols is 1. The van der Waals surface area contributed by atoms with Gasteiger partial charge in [0.25, 0.3) is 0 Å². The Kier molecular flexibility index (Phi) is 1.96. The van der Waals surface area contributed by atoms with Gasteiger partial charge in [0, 0.05) is 11.8 Å². The van der Waals surface area contributed by atoms with E-state index >= 15 is 0 Å². The molecule has 0 aliphatic heterocycles. The zero-order valence-corrected chi connectivity index (χ0v) is 7.36. The number of phenolic OH excluding ortho intramolecular Hbond substituents is 1. The Morgan fingerprint density at radius 1 is 1.21 bits per heavy atom. The SMILES string of the molecule is N#Cc1cc[nH]c1-c1ccccc1O. The lowest BCUT2D eigenvalue weighted by Crippen LogP contribution is -1.81. The van der Waals surface area contributed by atoms with Crippen molar-refractivity contribution in [3.05, 3.63) is 42.1 Å². The number of rotatable bonds is 1. The quantitative estimate of drug-likeness (QED) is 0.714. The molecule has 0 saturated carbocycles. The van der Waals surface area contributed by atoms with Crippen molar-refractivity contribution in [3.8, 4) is 23.1 Å². The van der Waals surface area contributed by atoms with E-state index in [2.05, 4.69) is 11.1 Å². The number of nitriles is 1. The minimum atomic E-state index is 0.173. The first-order valence-electron chi connectivity index (χ1n) is 4.19. The Morgan fingerprint density at radius 2 is 2.00 bits per heavy atom. The zero-order valence-electron chi connectivity index (χ0n) is 7.36. The van der Waals surface area contributed by atoms with Crippen molar-refractivity contribution in [2.24, 2.45) is 0 Å². The molecule has 0 atom stereocenters. The zero-order chi connectivity index (χ0) is 9.97. The third-order valence-electron chi connectivity index (χ3n) is 2.04. The van der Waals surface area contributed by atoms with E-state index in [0.29, 0.717) is 16.8 Å². The van der Waals surface area contributed by atoms with E-state index in [4.69, 9.17) is 5.26 Å². The van der Waals surface area contributed by atoms with Crippen molar-refractivity contribution < 1.29 is 5.11 Å². The van der Waals surface area contributed by atoms with Gasteiger partial charge < -0.3 is 10.1 Å². The van der Waals surface area contributed by atoms with E-state index in [1.807, 2.05) is 6.07 Å². The largest absolute Gasteiger partial charge is 0.507 e. The van der Waals surface area contributed by atoms with Gasteiger partial charge in [-0.25, -0.2) is 0 Å². The number of hydrogen-bond donors (Lipinski definition) is 2. The fourth-order valence-corrected chi connectivity index (χ4v) is 1.37. The second kappa shape index (κ2) is 3.27. The molecule has 0 unspecified atom stereocenters. The van der Waals surface area contributed by atoms with Crippen LogP contribution in [-0.2, 0) is 0 Å². The van der Waals surface area contributed by atoms with E-state index in [9.17, 15) is 5.11 Å². The van der Waals surface area contributed by atoms with Gasteiger partial charge in [-0.05, 0) is 18.2 Å². The third-order valence-corrected chi connectivity index (χ3v) is 2.04. The van der Waals surface area contributed by atoms with E-state index in [1.165, 1.54) is 0 Å². The number of nitrogens with zero attached hydrogens (tertiary/aromatic N) is 1. The number of H-pyrrole nitrogens is 1. The van der Waals surface area contributed by atoms with Crippen LogP contribution in [0.25, 0.3) is 11.3 Å². The van der Waals surface area contributed by atoms with Gasteiger partial charge in [-0.15, -0.1) is 0 Å². The molecule has 2 aromatic rings. The number of aromatic amines is 1. The van der Waals surface area contributed by atoms with Gasteiger partial charge in [0.1, 0.15) is 11.8 Å². The molecule has 3 heteroatoms. The second-order valence-electron chi connectivity index (χ2n) is 2.90.